The summed E-state index contributed by atoms with van der Waals surface area (Å²) in [5, 5.41) is 5.01. The summed E-state index contributed by atoms with van der Waals surface area (Å²) in [7, 11) is 0. The molecule has 160 valence electrons. The van der Waals surface area contributed by atoms with Crippen molar-refractivity contribution >= 4 is 34.6 Å². The van der Waals surface area contributed by atoms with Gasteiger partial charge in [0.2, 0.25) is 5.91 Å². The Morgan fingerprint density at radius 1 is 1.10 bits per heavy atom. The summed E-state index contributed by atoms with van der Waals surface area (Å²) in [6, 6.07) is 19.8. The van der Waals surface area contributed by atoms with Crippen LogP contribution >= 0.6 is 11.3 Å². The molecule has 1 N–H and O–H groups in total. The van der Waals surface area contributed by atoms with Gasteiger partial charge < -0.3 is 10.2 Å². The Kier molecular flexibility index (Phi) is 6.37. The fourth-order valence-electron chi connectivity index (χ4n) is 3.99. The van der Waals surface area contributed by atoms with E-state index in [4.69, 9.17) is 0 Å². The van der Waals surface area contributed by atoms with E-state index in [1.807, 2.05) is 65.7 Å². The van der Waals surface area contributed by atoms with Crippen LogP contribution in [0.5, 0.6) is 0 Å². The lowest BCUT2D eigenvalue weighted by molar-refractivity contribution is -0.115. The minimum Gasteiger partial charge on any atom is -0.324 e. The SMILES string of the molecule is Cc1ccc(N2CCCN(C(C)c3ccccc3)C2=O)c(NC(=O)Cc2cccs2)c1. The van der Waals surface area contributed by atoms with Crippen molar-refractivity contribution in [3.63, 3.8) is 0 Å². The molecule has 31 heavy (non-hydrogen) atoms. The molecule has 1 aromatic heterocycles. The second kappa shape index (κ2) is 9.35. The first kappa shape index (κ1) is 21.1. The van der Waals surface area contributed by atoms with Crippen LogP contribution in [0.15, 0.2) is 66.0 Å². The molecule has 1 saturated heterocycles. The lowest BCUT2D eigenvalue weighted by Crippen LogP contribution is -2.50. The van der Waals surface area contributed by atoms with E-state index < -0.39 is 0 Å². The number of nitrogens with one attached hydrogen (secondary N) is 1. The molecule has 2 heterocycles. The topological polar surface area (TPSA) is 52.6 Å². The van der Waals surface area contributed by atoms with Gasteiger partial charge in [0.05, 0.1) is 23.8 Å². The third-order valence-electron chi connectivity index (χ3n) is 5.64. The molecule has 0 aliphatic carbocycles. The average molecular weight is 434 g/mol. The highest BCUT2D eigenvalue weighted by Gasteiger charge is 2.32. The molecule has 0 bridgehead atoms. The smallest absolute Gasteiger partial charge is 0.324 e. The summed E-state index contributed by atoms with van der Waals surface area (Å²) in [5.41, 5.74) is 3.59. The van der Waals surface area contributed by atoms with Gasteiger partial charge in [0.1, 0.15) is 0 Å². The monoisotopic (exact) mass is 433 g/mol. The fourth-order valence-corrected chi connectivity index (χ4v) is 4.69. The Balaban J connectivity index is 1.56. The number of amides is 3. The predicted molar refractivity (Wildman–Crippen MR) is 127 cm³/mol. The molecule has 0 radical (unpaired) electrons. The van der Waals surface area contributed by atoms with E-state index in [0.29, 0.717) is 18.7 Å². The number of hydrogen-bond donors (Lipinski definition) is 1. The Morgan fingerprint density at radius 3 is 2.65 bits per heavy atom. The maximum absolute atomic E-state index is 13.5. The zero-order valence-corrected chi connectivity index (χ0v) is 18.7. The quantitative estimate of drug-likeness (QED) is 0.548. The van der Waals surface area contributed by atoms with Crippen LogP contribution in [0, 0.1) is 6.92 Å². The standard InChI is InChI=1S/C25H27N3O2S/c1-18-11-12-23(22(16-18)26-24(29)17-21-10-6-15-31-21)28-14-7-13-27(25(28)30)19(2)20-8-4-3-5-9-20/h3-6,8-12,15-16,19H,7,13-14,17H2,1-2H3,(H,26,29). The molecule has 3 amide bonds. The second-order valence-corrected chi connectivity index (χ2v) is 8.92. The molecule has 3 aromatic rings. The van der Waals surface area contributed by atoms with Gasteiger partial charge in [-0.2, -0.15) is 0 Å². The number of carbonyl (C=O) groups is 2. The molecule has 1 atom stereocenters. The van der Waals surface area contributed by atoms with Crippen molar-refractivity contribution in [3.8, 4) is 0 Å². The Hall–Kier alpha value is -3.12. The van der Waals surface area contributed by atoms with Crippen LogP contribution in [-0.4, -0.2) is 29.9 Å². The van der Waals surface area contributed by atoms with Gasteiger partial charge in [-0.3, -0.25) is 9.69 Å². The van der Waals surface area contributed by atoms with Crippen LogP contribution in [0.3, 0.4) is 0 Å². The van der Waals surface area contributed by atoms with Gasteiger partial charge in [-0.25, -0.2) is 4.79 Å². The number of rotatable bonds is 6. The Bertz CT molecular complexity index is 1050. The first-order valence-electron chi connectivity index (χ1n) is 10.6. The third kappa shape index (κ3) is 4.80. The van der Waals surface area contributed by atoms with Crippen molar-refractivity contribution < 1.29 is 9.59 Å². The van der Waals surface area contributed by atoms with Crippen molar-refractivity contribution in [3.05, 3.63) is 82.0 Å². The van der Waals surface area contributed by atoms with Gasteiger partial charge in [-0.05, 0) is 55.0 Å². The van der Waals surface area contributed by atoms with Gasteiger partial charge in [-0.15, -0.1) is 11.3 Å². The van der Waals surface area contributed by atoms with E-state index in [0.717, 1.165) is 34.7 Å². The molecule has 1 aliphatic rings. The molecular weight excluding hydrogens is 406 g/mol. The minimum atomic E-state index is -0.0757. The molecule has 1 aliphatic heterocycles. The summed E-state index contributed by atoms with van der Waals surface area (Å²) in [6.07, 6.45) is 1.20. The van der Waals surface area contributed by atoms with E-state index in [1.54, 1.807) is 16.2 Å². The van der Waals surface area contributed by atoms with E-state index in [9.17, 15) is 9.59 Å². The van der Waals surface area contributed by atoms with E-state index in [-0.39, 0.29) is 18.0 Å². The number of thiophene rings is 1. The van der Waals surface area contributed by atoms with Crippen LogP contribution in [-0.2, 0) is 11.2 Å². The number of aryl methyl sites for hydroxylation is 1. The average Bonchev–Trinajstić information content (AvgIpc) is 3.27. The van der Waals surface area contributed by atoms with Gasteiger partial charge in [-0.1, -0.05) is 42.5 Å². The summed E-state index contributed by atoms with van der Waals surface area (Å²) in [4.78, 5) is 30.8. The molecular formula is C25H27N3O2S. The van der Waals surface area contributed by atoms with E-state index in [1.165, 1.54) is 0 Å². The lowest BCUT2D eigenvalue weighted by Gasteiger charge is -2.39. The second-order valence-electron chi connectivity index (χ2n) is 7.89. The van der Waals surface area contributed by atoms with Crippen molar-refractivity contribution in [1.29, 1.82) is 0 Å². The summed E-state index contributed by atoms with van der Waals surface area (Å²) in [6.45, 7) is 5.40. The number of benzene rings is 2. The zero-order valence-electron chi connectivity index (χ0n) is 17.9. The van der Waals surface area contributed by atoms with Gasteiger partial charge in [0.15, 0.2) is 0 Å². The molecule has 1 fully saturated rings. The van der Waals surface area contributed by atoms with Crippen LogP contribution in [0.1, 0.15) is 35.4 Å². The highest BCUT2D eigenvalue weighted by molar-refractivity contribution is 7.10. The Labute approximate surface area is 187 Å². The number of urea groups is 1. The third-order valence-corrected chi connectivity index (χ3v) is 6.52. The largest absolute Gasteiger partial charge is 0.325 e. The molecule has 0 saturated carbocycles. The maximum Gasteiger partial charge on any atom is 0.325 e. The van der Waals surface area contributed by atoms with Crippen molar-refractivity contribution in [1.82, 2.24) is 4.90 Å². The van der Waals surface area contributed by atoms with Gasteiger partial charge in [0, 0.05) is 18.0 Å². The first-order chi connectivity index (χ1) is 15.0. The van der Waals surface area contributed by atoms with Crippen LogP contribution in [0.4, 0.5) is 16.2 Å². The first-order valence-corrected chi connectivity index (χ1v) is 11.5. The number of nitrogens with zero attached hydrogens (tertiary/aromatic N) is 2. The normalized spacial score (nSPS) is 15.1. The van der Waals surface area contributed by atoms with Crippen LogP contribution in [0.25, 0.3) is 0 Å². The molecule has 6 heteroatoms. The maximum atomic E-state index is 13.5. The van der Waals surface area contributed by atoms with E-state index >= 15 is 0 Å². The minimum absolute atomic E-state index is 0.0150. The summed E-state index contributed by atoms with van der Waals surface area (Å²) >= 11 is 1.57. The highest BCUT2D eigenvalue weighted by atomic mass is 32.1. The molecule has 4 rings (SSSR count). The fraction of sp³-hybridized carbons (Fsp3) is 0.280. The lowest BCUT2D eigenvalue weighted by atomic mass is 10.1. The van der Waals surface area contributed by atoms with Gasteiger partial charge in [0.25, 0.3) is 0 Å². The predicted octanol–water partition coefficient (Wildman–Crippen LogP) is 5.63. The summed E-state index contributed by atoms with van der Waals surface area (Å²) < 4.78 is 0. The zero-order chi connectivity index (χ0) is 21.8. The van der Waals surface area contributed by atoms with Crippen LogP contribution in [0.2, 0.25) is 0 Å². The van der Waals surface area contributed by atoms with Gasteiger partial charge >= 0.3 is 6.03 Å². The number of carbonyl (C=O) groups excluding carboxylic acids is 2. The molecule has 5 nitrogen and oxygen atoms in total. The van der Waals surface area contributed by atoms with Crippen LogP contribution < -0.4 is 10.2 Å². The highest BCUT2D eigenvalue weighted by Crippen LogP contribution is 2.32. The summed E-state index contributed by atoms with van der Waals surface area (Å²) in [5.74, 6) is -0.0757. The van der Waals surface area contributed by atoms with E-state index in [2.05, 4.69) is 24.4 Å². The Morgan fingerprint density at radius 2 is 1.90 bits per heavy atom. The molecule has 2 aromatic carbocycles. The number of hydrogen-bond acceptors (Lipinski definition) is 3. The molecule has 0 spiro atoms. The van der Waals surface area contributed by atoms with Crippen molar-refractivity contribution in [2.24, 2.45) is 0 Å². The number of anilines is 2. The van der Waals surface area contributed by atoms with Crippen molar-refractivity contribution in [2.45, 2.75) is 32.7 Å². The van der Waals surface area contributed by atoms with Crippen molar-refractivity contribution in [2.75, 3.05) is 23.3 Å². The molecule has 1 unspecified atom stereocenters.